The van der Waals surface area contributed by atoms with Gasteiger partial charge in [-0.15, -0.1) is 0 Å². The number of fused-ring (bicyclic) bond motifs is 1. The molecule has 2 saturated heterocycles. The predicted molar refractivity (Wildman–Crippen MR) is 269 cm³/mol. The number of hydrogen-bond donors (Lipinski definition) is 8. The number of unbranched alkanes of at least 4 members (excludes halogenated alkanes) is 14. The van der Waals surface area contributed by atoms with Crippen LogP contribution in [0, 0.1) is 17.8 Å². The molecule has 402 valence electrons. The number of carbonyl (C=O) groups excluding carboxylic acids is 8. The largest absolute Gasteiger partial charge is 0.460 e. The van der Waals surface area contributed by atoms with Gasteiger partial charge in [-0.2, -0.15) is 0 Å². The standard InChI is InChI=1S/C52H93N7O11/c1-11-12-13-14-15-16-17-18-19-20-21-22-23-24-25-27-38-31-41(62)55-44(36(9)60)50(67)57-42(33(4)5)48(65)53-35(8)51(68)59-29-26-28-40(59)47(64)54-39(30-32(2)3)46(63)56-43(34(6)7)49(66)58-45(37(10)61)52(69)70-38/h32-40,42-45,60-61H,11-31H2,1-10H3,(H,53,65)(H,54,64)(H,55,62)(H,56,63)(H,57,67)(H,58,66)/t35-,36+,37+,38?,39-,40-,42?,43-,44-,45?/m0/s1. The number of rotatable bonds is 22. The first-order valence-corrected chi connectivity index (χ1v) is 26.8. The van der Waals surface area contributed by atoms with Gasteiger partial charge in [-0.05, 0) is 70.6 Å². The maximum Gasteiger partial charge on any atom is 0.331 e. The zero-order chi connectivity index (χ0) is 52.5. The van der Waals surface area contributed by atoms with Gasteiger partial charge in [0.25, 0.3) is 0 Å². The van der Waals surface area contributed by atoms with Crippen LogP contribution >= 0.6 is 0 Å². The second kappa shape index (κ2) is 32.6. The van der Waals surface area contributed by atoms with Gasteiger partial charge in [0, 0.05) is 6.54 Å². The lowest BCUT2D eigenvalue weighted by Gasteiger charge is -2.31. The first-order chi connectivity index (χ1) is 33.1. The van der Waals surface area contributed by atoms with Crippen molar-refractivity contribution in [1.82, 2.24) is 36.8 Å². The monoisotopic (exact) mass is 992 g/mol. The second-order valence-corrected chi connectivity index (χ2v) is 21.1. The highest BCUT2D eigenvalue weighted by Gasteiger charge is 2.41. The minimum atomic E-state index is -1.61. The Kier molecular flexibility index (Phi) is 28.8. The van der Waals surface area contributed by atoms with Gasteiger partial charge in [-0.3, -0.25) is 33.6 Å². The lowest BCUT2D eigenvalue weighted by Crippen LogP contribution is -2.61. The van der Waals surface area contributed by atoms with Crippen LogP contribution in [-0.4, -0.2) is 130 Å². The number of carbonyl (C=O) groups is 8. The average Bonchev–Trinajstić information content (AvgIpc) is 3.78. The molecule has 0 bridgehead atoms. The quantitative estimate of drug-likeness (QED) is 0.0549. The Morgan fingerprint density at radius 2 is 1.01 bits per heavy atom. The first-order valence-electron chi connectivity index (χ1n) is 26.8. The molecule has 0 aromatic heterocycles. The molecule has 0 radical (unpaired) electrons. The maximum atomic E-state index is 14.0. The summed E-state index contributed by atoms with van der Waals surface area (Å²) in [6.45, 7) is 17.0. The van der Waals surface area contributed by atoms with Crippen LogP contribution in [0.2, 0.25) is 0 Å². The Morgan fingerprint density at radius 3 is 1.50 bits per heavy atom. The Labute approximate surface area is 418 Å². The smallest absolute Gasteiger partial charge is 0.331 e. The second-order valence-electron chi connectivity index (χ2n) is 21.1. The fourth-order valence-electron chi connectivity index (χ4n) is 9.10. The molecule has 2 heterocycles. The van der Waals surface area contributed by atoms with Gasteiger partial charge in [0.2, 0.25) is 41.4 Å². The van der Waals surface area contributed by atoms with E-state index >= 15 is 0 Å². The third kappa shape index (κ3) is 22.0. The van der Waals surface area contributed by atoms with Crippen molar-refractivity contribution in [3.8, 4) is 0 Å². The van der Waals surface area contributed by atoms with E-state index in [1.54, 1.807) is 27.7 Å². The van der Waals surface area contributed by atoms with E-state index in [9.17, 15) is 48.6 Å². The van der Waals surface area contributed by atoms with E-state index in [0.717, 1.165) is 32.1 Å². The molecule has 0 aromatic rings. The molecule has 70 heavy (non-hydrogen) atoms. The van der Waals surface area contributed by atoms with Crippen molar-refractivity contribution in [1.29, 1.82) is 0 Å². The van der Waals surface area contributed by atoms with Gasteiger partial charge in [-0.25, -0.2) is 4.79 Å². The van der Waals surface area contributed by atoms with E-state index in [1.165, 1.54) is 83.5 Å². The van der Waals surface area contributed by atoms with Gasteiger partial charge < -0.3 is 51.8 Å². The van der Waals surface area contributed by atoms with Crippen molar-refractivity contribution in [2.24, 2.45) is 17.8 Å². The maximum absolute atomic E-state index is 14.0. The van der Waals surface area contributed by atoms with Gasteiger partial charge in [0.1, 0.15) is 42.4 Å². The summed E-state index contributed by atoms with van der Waals surface area (Å²) in [5.41, 5.74) is 0. The topological polar surface area (TPSA) is 262 Å². The lowest BCUT2D eigenvalue weighted by molar-refractivity contribution is -0.158. The zero-order valence-corrected chi connectivity index (χ0v) is 44.4. The summed E-state index contributed by atoms with van der Waals surface area (Å²) in [5.74, 6) is -7.05. The summed E-state index contributed by atoms with van der Waals surface area (Å²) in [6.07, 6.45) is 14.0. The van der Waals surface area contributed by atoms with Crippen LogP contribution < -0.4 is 31.9 Å². The Hall–Kier alpha value is -4.32. The van der Waals surface area contributed by atoms with Crippen molar-refractivity contribution in [3.63, 3.8) is 0 Å². The summed E-state index contributed by atoms with van der Waals surface area (Å²) < 4.78 is 5.88. The highest BCUT2D eigenvalue weighted by Crippen LogP contribution is 2.21. The number of amides is 7. The third-order valence-electron chi connectivity index (χ3n) is 13.3. The Morgan fingerprint density at radius 1 is 0.557 bits per heavy atom. The van der Waals surface area contributed by atoms with Crippen LogP contribution in [0.4, 0.5) is 0 Å². The molecular weight excluding hydrogens is 899 g/mol. The zero-order valence-electron chi connectivity index (χ0n) is 44.4. The minimum Gasteiger partial charge on any atom is -0.460 e. The van der Waals surface area contributed by atoms with E-state index in [1.807, 2.05) is 13.8 Å². The molecule has 0 saturated carbocycles. The molecule has 3 unspecified atom stereocenters. The van der Waals surface area contributed by atoms with Crippen molar-refractivity contribution in [2.75, 3.05) is 6.54 Å². The van der Waals surface area contributed by atoms with E-state index in [-0.39, 0.29) is 25.3 Å². The van der Waals surface area contributed by atoms with E-state index < -0.39 is 126 Å². The number of aliphatic hydroxyl groups excluding tert-OH is 2. The van der Waals surface area contributed by atoms with Crippen molar-refractivity contribution >= 4 is 47.3 Å². The van der Waals surface area contributed by atoms with Gasteiger partial charge >= 0.3 is 5.97 Å². The number of ether oxygens (including phenoxy) is 1. The molecule has 2 aliphatic rings. The Balaban J connectivity index is 2.41. The van der Waals surface area contributed by atoms with Crippen LogP contribution in [0.5, 0.6) is 0 Å². The van der Waals surface area contributed by atoms with Crippen molar-refractivity contribution < 1.29 is 53.3 Å². The van der Waals surface area contributed by atoms with E-state index in [2.05, 4.69) is 38.8 Å². The average molecular weight is 992 g/mol. The molecule has 18 heteroatoms. The molecule has 8 N–H and O–H groups in total. The van der Waals surface area contributed by atoms with E-state index in [0.29, 0.717) is 19.3 Å². The fraction of sp³-hybridized carbons (Fsp3) is 0.846. The molecule has 2 fully saturated rings. The number of cyclic esters (lactones) is 1. The first kappa shape index (κ1) is 61.8. The lowest BCUT2D eigenvalue weighted by atomic mass is 9.99. The highest BCUT2D eigenvalue weighted by molar-refractivity contribution is 5.98. The van der Waals surface area contributed by atoms with Crippen LogP contribution in [0.25, 0.3) is 0 Å². The van der Waals surface area contributed by atoms with Crippen molar-refractivity contribution in [2.45, 2.75) is 258 Å². The summed E-state index contributed by atoms with van der Waals surface area (Å²) >= 11 is 0. The Bertz CT molecular complexity index is 1660. The molecule has 2 aliphatic heterocycles. The van der Waals surface area contributed by atoms with Gasteiger partial charge in [-0.1, -0.05) is 138 Å². The normalized spacial score (nSPS) is 26.3. The van der Waals surface area contributed by atoms with E-state index in [4.69, 9.17) is 4.74 Å². The van der Waals surface area contributed by atoms with Crippen LogP contribution in [0.3, 0.4) is 0 Å². The number of hydrogen-bond acceptors (Lipinski definition) is 11. The number of aliphatic hydroxyl groups is 2. The molecule has 0 aromatic carbocycles. The molecule has 10 atom stereocenters. The SMILES string of the molecule is CCCCCCCCCCCCCCCCCC1CC(=O)N[C@@H]([C@@H](C)O)C(=O)NC(C(C)C)C(=O)N[C@@H](C)C(=O)N2CCC[C@H]2C(=O)N[C@@H](CC(C)C)C(=O)N[C@@H](C(C)C)C(=O)NC([C@@H](C)O)C(=O)O1. The summed E-state index contributed by atoms with van der Waals surface area (Å²) in [6, 6.07) is -8.79. The fourth-order valence-corrected chi connectivity index (χ4v) is 9.10. The third-order valence-corrected chi connectivity index (χ3v) is 13.3. The predicted octanol–water partition coefficient (Wildman–Crippen LogP) is 4.60. The molecule has 7 amide bonds. The van der Waals surface area contributed by atoms with Crippen LogP contribution in [-0.2, 0) is 43.1 Å². The van der Waals surface area contributed by atoms with Crippen LogP contribution in [0.1, 0.15) is 198 Å². The van der Waals surface area contributed by atoms with Gasteiger partial charge in [0.15, 0.2) is 6.04 Å². The molecule has 0 spiro atoms. The molecule has 18 nitrogen and oxygen atoms in total. The molecular formula is C52H93N7O11. The summed E-state index contributed by atoms with van der Waals surface area (Å²) in [7, 11) is 0. The summed E-state index contributed by atoms with van der Waals surface area (Å²) in [5, 5.41) is 37.5. The van der Waals surface area contributed by atoms with Gasteiger partial charge in [0.05, 0.1) is 18.6 Å². The van der Waals surface area contributed by atoms with Crippen LogP contribution in [0.15, 0.2) is 0 Å². The number of nitrogens with zero attached hydrogens (tertiary/aromatic N) is 1. The minimum absolute atomic E-state index is 0.0842. The van der Waals surface area contributed by atoms with Crippen molar-refractivity contribution in [3.05, 3.63) is 0 Å². The molecule has 2 rings (SSSR count). The number of nitrogens with one attached hydrogen (secondary N) is 6. The summed E-state index contributed by atoms with van der Waals surface area (Å²) in [4.78, 5) is 112. The number of esters is 1. The highest BCUT2D eigenvalue weighted by atomic mass is 16.5. The molecule has 0 aliphatic carbocycles.